The number of carbonyl (C=O) groups is 1. The van der Waals surface area contributed by atoms with E-state index in [1.54, 1.807) is 4.90 Å². The lowest BCUT2D eigenvalue weighted by atomic mass is 9.82. The van der Waals surface area contributed by atoms with Crippen LogP contribution in [-0.2, 0) is 4.79 Å². The summed E-state index contributed by atoms with van der Waals surface area (Å²) in [6.45, 7) is 5.94. The van der Waals surface area contributed by atoms with Crippen LogP contribution in [0.5, 0.6) is 0 Å². The van der Waals surface area contributed by atoms with Crippen LogP contribution in [0.25, 0.3) is 0 Å². The molecular formula is C11H20N2O2. The van der Waals surface area contributed by atoms with Gasteiger partial charge in [-0.1, -0.05) is 13.8 Å². The summed E-state index contributed by atoms with van der Waals surface area (Å²) >= 11 is 0. The quantitative estimate of drug-likeness (QED) is 0.676. The van der Waals surface area contributed by atoms with Crippen LogP contribution in [0.2, 0.25) is 0 Å². The predicted octanol–water partition coefficient (Wildman–Crippen LogP) is -0.0323. The predicted molar refractivity (Wildman–Crippen MR) is 57.4 cm³/mol. The summed E-state index contributed by atoms with van der Waals surface area (Å²) in [7, 11) is 0. The molecule has 0 aliphatic carbocycles. The Labute approximate surface area is 90.6 Å². The van der Waals surface area contributed by atoms with Gasteiger partial charge in [0.25, 0.3) is 0 Å². The third-order valence-electron chi connectivity index (χ3n) is 3.67. The van der Waals surface area contributed by atoms with E-state index in [-0.39, 0.29) is 17.9 Å². The third-order valence-corrected chi connectivity index (χ3v) is 3.67. The number of hydrogen-bond donors (Lipinski definition) is 2. The highest BCUT2D eigenvalue weighted by Crippen LogP contribution is 2.29. The monoisotopic (exact) mass is 212 g/mol. The molecule has 1 amide bonds. The molecule has 2 heterocycles. The Morgan fingerprint density at radius 1 is 1.53 bits per heavy atom. The average molecular weight is 212 g/mol. The van der Waals surface area contributed by atoms with Crippen molar-refractivity contribution in [3.63, 3.8) is 0 Å². The van der Waals surface area contributed by atoms with Gasteiger partial charge in [-0.05, 0) is 25.3 Å². The normalized spacial score (nSPS) is 29.3. The number of hydrogen-bond acceptors (Lipinski definition) is 3. The fraction of sp³-hybridized carbons (Fsp3) is 0.909. The van der Waals surface area contributed by atoms with Crippen LogP contribution < -0.4 is 5.32 Å². The molecule has 1 atom stereocenters. The Bertz CT molecular complexity index is 253. The molecule has 0 aromatic carbocycles. The van der Waals surface area contributed by atoms with Gasteiger partial charge in [-0.25, -0.2) is 0 Å². The van der Waals surface area contributed by atoms with Crippen molar-refractivity contribution in [1.29, 1.82) is 0 Å². The lowest BCUT2D eigenvalue weighted by Crippen LogP contribution is -2.67. The van der Waals surface area contributed by atoms with Crippen LogP contribution in [-0.4, -0.2) is 47.2 Å². The first-order chi connectivity index (χ1) is 7.03. The molecule has 0 spiro atoms. The van der Waals surface area contributed by atoms with Crippen molar-refractivity contribution in [2.24, 2.45) is 5.92 Å². The zero-order valence-corrected chi connectivity index (χ0v) is 9.49. The summed E-state index contributed by atoms with van der Waals surface area (Å²) in [6, 6.07) is 0.00159. The summed E-state index contributed by atoms with van der Waals surface area (Å²) < 4.78 is 0. The molecule has 0 unspecified atom stereocenters. The van der Waals surface area contributed by atoms with Gasteiger partial charge in [0.2, 0.25) is 5.91 Å². The number of likely N-dealkylation sites (tertiary alicyclic amines) is 1. The maximum atomic E-state index is 11.9. The van der Waals surface area contributed by atoms with Crippen LogP contribution in [0.3, 0.4) is 0 Å². The molecule has 2 aliphatic heterocycles. The Balaban J connectivity index is 1.86. The number of nitrogens with zero attached hydrogens (tertiary/aromatic N) is 1. The molecule has 0 bridgehead atoms. The van der Waals surface area contributed by atoms with Crippen LogP contribution in [0.4, 0.5) is 0 Å². The van der Waals surface area contributed by atoms with Crippen LogP contribution in [0.1, 0.15) is 26.7 Å². The highest BCUT2D eigenvalue weighted by molar-refractivity contribution is 5.83. The van der Waals surface area contributed by atoms with Gasteiger partial charge in [-0.3, -0.25) is 4.79 Å². The first-order valence-corrected chi connectivity index (χ1v) is 5.77. The van der Waals surface area contributed by atoms with Crippen molar-refractivity contribution >= 4 is 5.91 Å². The van der Waals surface area contributed by atoms with Crippen molar-refractivity contribution in [3.05, 3.63) is 0 Å². The van der Waals surface area contributed by atoms with Gasteiger partial charge in [0.1, 0.15) is 5.60 Å². The molecule has 0 aromatic rings. The fourth-order valence-corrected chi connectivity index (χ4v) is 2.25. The van der Waals surface area contributed by atoms with E-state index in [9.17, 15) is 9.90 Å². The SMILES string of the molecule is CC(C)C1(O)CN(C(=O)[C@@H]2CCCN2)C1. The van der Waals surface area contributed by atoms with Crippen molar-refractivity contribution < 1.29 is 9.90 Å². The second-order valence-corrected chi connectivity index (χ2v) is 5.10. The molecule has 86 valence electrons. The molecule has 0 radical (unpaired) electrons. The summed E-state index contributed by atoms with van der Waals surface area (Å²) in [5, 5.41) is 13.2. The molecule has 2 fully saturated rings. The molecule has 4 heteroatoms. The summed E-state index contributed by atoms with van der Waals surface area (Å²) in [4.78, 5) is 13.7. The molecular weight excluding hydrogens is 192 g/mol. The van der Waals surface area contributed by atoms with Gasteiger partial charge >= 0.3 is 0 Å². The van der Waals surface area contributed by atoms with E-state index in [4.69, 9.17) is 0 Å². The van der Waals surface area contributed by atoms with Gasteiger partial charge in [-0.2, -0.15) is 0 Å². The Kier molecular flexibility index (Phi) is 2.73. The number of aliphatic hydroxyl groups is 1. The summed E-state index contributed by atoms with van der Waals surface area (Å²) in [5.74, 6) is 0.385. The molecule has 15 heavy (non-hydrogen) atoms. The molecule has 4 nitrogen and oxygen atoms in total. The van der Waals surface area contributed by atoms with Crippen LogP contribution >= 0.6 is 0 Å². The third kappa shape index (κ3) is 1.88. The van der Waals surface area contributed by atoms with E-state index >= 15 is 0 Å². The minimum absolute atomic E-state index is 0.00159. The highest BCUT2D eigenvalue weighted by atomic mass is 16.3. The Morgan fingerprint density at radius 2 is 2.20 bits per heavy atom. The van der Waals surface area contributed by atoms with Gasteiger partial charge in [0.15, 0.2) is 0 Å². The van der Waals surface area contributed by atoms with E-state index in [1.807, 2.05) is 13.8 Å². The number of rotatable bonds is 2. The fourth-order valence-electron chi connectivity index (χ4n) is 2.25. The highest BCUT2D eigenvalue weighted by Gasteiger charge is 2.47. The second kappa shape index (κ2) is 3.76. The number of β-amino-alcohol motifs (C(OH)–C–C–N with tert-alkyl or cyclic N) is 1. The standard InChI is InChI=1S/C11H20N2O2/c1-8(2)11(15)6-13(7-11)10(14)9-4-3-5-12-9/h8-9,12,15H,3-7H2,1-2H3/t9-/m0/s1. The minimum atomic E-state index is -0.645. The van der Waals surface area contributed by atoms with Crippen molar-refractivity contribution in [1.82, 2.24) is 10.2 Å². The van der Waals surface area contributed by atoms with Crippen LogP contribution in [0, 0.1) is 5.92 Å². The zero-order chi connectivity index (χ0) is 11.1. The van der Waals surface area contributed by atoms with Crippen LogP contribution in [0.15, 0.2) is 0 Å². The summed E-state index contributed by atoms with van der Waals surface area (Å²) in [5.41, 5.74) is -0.645. The van der Waals surface area contributed by atoms with E-state index in [0.717, 1.165) is 19.4 Å². The largest absolute Gasteiger partial charge is 0.386 e. The maximum Gasteiger partial charge on any atom is 0.239 e. The van der Waals surface area contributed by atoms with Gasteiger partial charge < -0.3 is 15.3 Å². The molecule has 2 aliphatic rings. The van der Waals surface area contributed by atoms with E-state index in [1.165, 1.54) is 0 Å². The number of nitrogens with one attached hydrogen (secondary N) is 1. The van der Waals surface area contributed by atoms with E-state index in [2.05, 4.69) is 5.32 Å². The molecule has 2 rings (SSSR count). The second-order valence-electron chi connectivity index (χ2n) is 5.10. The van der Waals surface area contributed by atoms with Crippen molar-refractivity contribution in [3.8, 4) is 0 Å². The van der Waals surface area contributed by atoms with E-state index in [0.29, 0.717) is 13.1 Å². The molecule has 0 saturated carbocycles. The van der Waals surface area contributed by atoms with Crippen molar-refractivity contribution in [2.45, 2.75) is 38.3 Å². The first-order valence-electron chi connectivity index (χ1n) is 5.77. The maximum absolute atomic E-state index is 11.9. The molecule has 2 N–H and O–H groups in total. The number of amides is 1. The average Bonchev–Trinajstić information content (AvgIpc) is 2.64. The molecule has 2 saturated heterocycles. The summed E-state index contributed by atoms with van der Waals surface area (Å²) in [6.07, 6.45) is 2.02. The topological polar surface area (TPSA) is 52.6 Å². The lowest BCUT2D eigenvalue weighted by molar-refractivity contribution is -0.165. The number of carbonyl (C=O) groups excluding carboxylic acids is 1. The first kappa shape index (κ1) is 10.9. The van der Waals surface area contributed by atoms with Gasteiger partial charge in [0.05, 0.1) is 19.1 Å². The molecule has 0 aromatic heterocycles. The van der Waals surface area contributed by atoms with Gasteiger partial charge in [0, 0.05) is 0 Å². The zero-order valence-electron chi connectivity index (χ0n) is 9.49. The van der Waals surface area contributed by atoms with E-state index < -0.39 is 5.60 Å². The smallest absolute Gasteiger partial charge is 0.239 e. The Morgan fingerprint density at radius 3 is 2.67 bits per heavy atom. The van der Waals surface area contributed by atoms with Crippen molar-refractivity contribution in [2.75, 3.05) is 19.6 Å². The minimum Gasteiger partial charge on any atom is -0.386 e. The Hall–Kier alpha value is -0.610. The lowest BCUT2D eigenvalue weighted by Gasteiger charge is -2.49. The van der Waals surface area contributed by atoms with Gasteiger partial charge in [-0.15, -0.1) is 0 Å².